The minimum absolute atomic E-state index is 0.118. The summed E-state index contributed by atoms with van der Waals surface area (Å²) in [5, 5.41) is 5.62. The fourth-order valence-corrected chi connectivity index (χ4v) is 8.53. The number of rotatable bonds is 15. The van der Waals surface area contributed by atoms with Gasteiger partial charge in [0.1, 0.15) is 30.5 Å². The number of anilines is 4. The molecule has 0 aliphatic carbocycles. The zero-order chi connectivity index (χ0) is 45.0. The molecule has 7 heterocycles. The molecule has 3 N–H and O–H groups in total. The Morgan fingerprint density at radius 3 is 2.11 bits per heavy atom. The first-order valence-electron chi connectivity index (χ1n) is 22.5. The number of fused-ring (bicyclic) bond motifs is 2. The highest BCUT2D eigenvalue weighted by Crippen LogP contribution is 2.35. The van der Waals surface area contributed by atoms with E-state index in [2.05, 4.69) is 77.6 Å². The molecule has 0 bridgehead atoms. The third-order valence-electron chi connectivity index (χ3n) is 12.5. The van der Waals surface area contributed by atoms with Crippen molar-refractivity contribution in [3.63, 3.8) is 0 Å². The molecule has 1 atom stereocenters. The summed E-state index contributed by atoms with van der Waals surface area (Å²) in [6, 6.07) is 16.0. The molecular formula is C48H59N11O6. The molecule has 6 aromatic rings. The van der Waals surface area contributed by atoms with Crippen molar-refractivity contribution < 1.29 is 28.5 Å². The van der Waals surface area contributed by atoms with E-state index in [1.807, 2.05) is 36.1 Å². The summed E-state index contributed by atoms with van der Waals surface area (Å²) in [6.07, 6.45) is -0.650. The largest absolute Gasteiger partial charge is 0.476 e. The number of allylic oxidation sites excluding steroid dienone is 1. The lowest BCUT2D eigenvalue weighted by Gasteiger charge is -2.39. The maximum Gasteiger partial charge on any atom is 0.319 e. The van der Waals surface area contributed by atoms with Gasteiger partial charge in [-0.1, -0.05) is 6.58 Å². The number of ether oxygens (including phenoxy) is 5. The average Bonchev–Trinajstić information content (AvgIpc) is 3.77. The molecule has 0 radical (unpaired) electrons. The van der Waals surface area contributed by atoms with Crippen LogP contribution in [0.4, 0.5) is 23.0 Å². The van der Waals surface area contributed by atoms with Gasteiger partial charge >= 0.3 is 6.01 Å². The number of nitrogens with zero attached hydrogens (tertiary/aromatic N) is 8. The number of morpholine rings is 3. The van der Waals surface area contributed by atoms with Crippen LogP contribution in [0.3, 0.4) is 0 Å². The topological polar surface area (TPSA) is 171 Å². The first-order chi connectivity index (χ1) is 31.6. The lowest BCUT2D eigenvalue weighted by Crippen LogP contribution is -2.52. The standard InChI is InChI=1S/C48H59N11O6/c1-30(2)46-54-43(28-44(55-46)63-22-15-56-11-18-61-19-12-56)59(36-8-10-40-38(26-36)32(4)34(6)50-40)45-29-58(17-24-64-45)47(60)41-27-42(51-35-7-9-39-37(25-35)31(3)33(5)49-39)53-48(52-41)65-23-16-57-13-20-62-21-14-57/h7-10,25-28,45,49-50H,1,11-24,29H2,2-6H3,(H,51,52,53). The Balaban J connectivity index is 1.02. The van der Waals surface area contributed by atoms with Crippen LogP contribution < -0.4 is 19.7 Å². The second-order valence-corrected chi connectivity index (χ2v) is 17.0. The summed E-state index contributed by atoms with van der Waals surface area (Å²) < 4.78 is 30.2. The van der Waals surface area contributed by atoms with Crippen LogP contribution in [0, 0.1) is 27.7 Å². The van der Waals surface area contributed by atoms with E-state index in [1.54, 1.807) is 11.0 Å². The first kappa shape index (κ1) is 44.1. The molecule has 3 saturated heterocycles. The van der Waals surface area contributed by atoms with E-state index in [9.17, 15) is 4.79 Å². The number of carbonyl (C=O) groups excluding carboxylic acids is 1. The molecule has 3 aliphatic heterocycles. The van der Waals surface area contributed by atoms with Crippen molar-refractivity contribution in [2.75, 3.05) is 109 Å². The minimum Gasteiger partial charge on any atom is -0.476 e. The van der Waals surface area contributed by atoms with Crippen LogP contribution in [0.5, 0.6) is 11.9 Å². The quantitative estimate of drug-likeness (QED) is 0.105. The molecule has 3 fully saturated rings. The Kier molecular flexibility index (Phi) is 13.3. The van der Waals surface area contributed by atoms with Gasteiger partial charge in [-0.2, -0.15) is 15.0 Å². The molecule has 0 spiro atoms. The van der Waals surface area contributed by atoms with Crippen LogP contribution in [-0.2, 0) is 14.2 Å². The van der Waals surface area contributed by atoms with Gasteiger partial charge in [-0.05, 0) is 87.7 Å². The number of benzene rings is 2. The predicted molar refractivity (Wildman–Crippen MR) is 251 cm³/mol. The molecule has 4 aromatic heterocycles. The van der Waals surface area contributed by atoms with E-state index < -0.39 is 6.23 Å². The summed E-state index contributed by atoms with van der Waals surface area (Å²) in [4.78, 5) is 49.3. The van der Waals surface area contributed by atoms with Crippen molar-refractivity contribution in [3.8, 4) is 11.9 Å². The molecule has 2 aromatic carbocycles. The number of aromatic amines is 2. The van der Waals surface area contributed by atoms with Gasteiger partial charge < -0.3 is 43.9 Å². The maximum atomic E-state index is 14.8. The maximum absolute atomic E-state index is 14.8. The Hall–Kier alpha value is -6.11. The van der Waals surface area contributed by atoms with Crippen molar-refractivity contribution in [2.24, 2.45) is 0 Å². The van der Waals surface area contributed by atoms with Crippen LogP contribution in [0.1, 0.15) is 45.8 Å². The van der Waals surface area contributed by atoms with Crippen molar-refractivity contribution in [1.82, 2.24) is 44.6 Å². The highest BCUT2D eigenvalue weighted by atomic mass is 16.5. The minimum atomic E-state index is -0.650. The number of amides is 1. The van der Waals surface area contributed by atoms with Crippen molar-refractivity contribution >= 4 is 56.3 Å². The third kappa shape index (κ3) is 10.1. The van der Waals surface area contributed by atoms with E-state index in [4.69, 9.17) is 43.6 Å². The third-order valence-corrected chi connectivity index (χ3v) is 12.5. The lowest BCUT2D eigenvalue weighted by molar-refractivity contribution is -0.0183. The monoisotopic (exact) mass is 885 g/mol. The molecule has 1 amide bonds. The van der Waals surface area contributed by atoms with E-state index in [0.29, 0.717) is 81.6 Å². The van der Waals surface area contributed by atoms with Crippen LogP contribution in [0.2, 0.25) is 0 Å². The van der Waals surface area contributed by atoms with Gasteiger partial charge in [0.05, 0.1) is 39.6 Å². The zero-order valence-electron chi connectivity index (χ0n) is 38.0. The Morgan fingerprint density at radius 2 is 1.43 bits per heavy atom. The summed E-state index contributed by atoms with van der Waals surface area (Å²) in [7, 11) is 0. The second-order valence-electron chi connectivity index (χ2n) is 17.0. The SMILES string of the molecule is C=C(C)c1nc(OCCN2CCOCC2)cc(N(c2ccc3[nH]c(C)c(C)c3c2)C2CN(C(=O)c3cc(Nc4ccc5[nH]c(C)c(C)c5c4)nc(OCCN4CCOCC4)n3)CCO2)n1. The summed E-state index contributed by atoms with van der Waals surface area (Å²) in [6.45, 7) is 23.6. The summed E-state index contributed by atoms with van der Waals surface area (Å²) >= 11 is 0. The fourth-order valence-electron chi connectivity index (χ4n) is 8.53. The normalized spacial score (nSPS) is 17.4. The zero-order valence-corrected chi connectivity index (χ0v) is 38.0. The Bertz CT molecular complexity index is 2670. The Labute approximate surface area is 379 Å². The highest BCUT2D eigenvalue weighted by molar-refractivity contribution is 5.94. The molecule has 65 heavy (non-hydrogen) atoms. The van der Waals surface area contributed by atoms with Gasteiger partial charge in [0.2, 0.25) is 5.88 Å². The number of hydrogen-bond acceptors (Lipinski definition) is 14. The van der Waals surface area contributed by atoms with Crippen molar-refractivity contribution in [2.45, 2.75) is 40.8 Å². The molecule has 342 valence electrons. The van der Waals surface area contributed by atoms with Crippen molar-refractivity contribution in [1.29, 1.82) is 0 Å². The van der Waals surface area contributed by atoms with E-state index in [0.717, 1.165) is 82.9 Å². The van der Waals surface area contributed by atoms with Gasteiger partial charge in [-0.25, -0.2) is 4.98 Å². The van der Waals surface area contributed by atoms with Gasteiger partial charge in [-0.3, -0.25) is 19.5 Å². The highest BCUT2D eigenvalue weighted by Gasteiger charge is 2.33. The van der Waals surface area contributed by atoms with Crippen LogP contribution in [0.25, 0.3) is 27.4 Å². The van der Waals surface area contributed by atoms with Gasteiger partial charge in [-0.15, -0.1) is 0 Å². The van der Waals surface area contributed by atoms with Crippen LogP contribution in [0.15, 0.2) is 55.1 Å². The van der Waals surface area contributed by atoms with Gasteiger partial charge in [0, 0.05) is 103 Å². The van der Waals surface area contributed by atoms with E-state index in [-0.39, 0.29) is 30.8 Å². The smallest absolute Gasteiger partial charge is 0.319 e. The molecular weight excluding hydrogens is 827 g/mol. The van der Waals surface area contributed by atoms with E-state index >= 15 is 0 Å². The number of aryl methyl sites for hydroxylation is 4. The van der Waals surface area contributed by atoms with Crippen LogP contribution in [-0.4, -0.2) is 155 Å². The molecule has 9 rings (SSSR count). The summed E-state index contributed by atoms with van der Waals surface area (Å²) in [5.74, 6) is 1.60. The molecule has 3 aliphatic rings. The fraction of sp³-hybridized carbons (Fsp3) is 0.438. The lowest BCUT2D eigenvalue weighted by atomic mass is 10.1. The van der Waals surface area contributed by atoms with Gasteiger partial charge in [0.15, 0.2) is 12.1 Å². The average molecular weight is 886 g/mol. The molecule has 0 saturated carbocycles. The number of nitrogens with one attached hydrogen (secondary N) is 3. The van der Waals surface area contributed by atoms with Crippen molar-refractivity contribution in [3.05, 3.63) is 89.1 Å². The molecule has 17 heteroatoms. The molecule has 17 nitrogen and oxygen atoms in total. The molecule has 1 unspecified atom stereocenters. The number of carbonyl (C=O) groups is 1. The van der Waals surface area contributed by atoms with Gasteiger partial charge in [0.25, 0.3) is 5.91 Å². The number of hydrogen-bond donors (Lipinski definition) is 3. The first-order valence-corrected chi connectivity index (χ1v) is 22.5. The number of H-pyrrole nitrogens is 2. The predicted octanol–water partition coefficient (Wildman–Crippen LogP) is 6.30. The number of aromatic nitrogens is 6. The Morgan fingerprint density at radius 1 is 0.785 bits per heavy atom. The van der Waals surface area contributed by atoms with Crippen LogP contribution >= 0.6 is 0 Å². The summed E-state index contributed by atoms with van der Waals surface area (Å²) in [5.41, 5.74) is 9.16. The second kappa shape index (κ2) is 19.6. The van der Waals surface area contributed by atoms with E-state index in [1.165, 1.54) is 5.56 Å².